The second-order valence-corrected chi connectivity index (χ2v) is 5.92. The number of nitrogens with zero attached hydrogens (tertiary/aromatic N) is 1. The monoisotopic (exact) mass is 367 g/mol. The average Bonchev–Trinajstić information content (AvgIpc) is 2.93. The fourth-order valence-corrected chi connectivity index (χ4v) is 2.71. The van der Waals surface area contributed by atoms with Gasteiger partial charge < -0.3 is 9.57 Å². The van der Waals surface area contributed by atoms with Crippen molar-refractivity contribution in [2.45, 2.75) is 19.3 Å². The molecule has 0 saturated heterocycles. The SMILES string of the molecule is COc1ccc(C(=O)CCCC(=O)ON2C(=O)c3ccccc3C2=O)cc1. The molecule has 0 atom stereocenters. The molecule has 0 unspecified atom stereocenters. The number of ketones is 1. The number of carbonyl (C=O) groups is 4. The number of rotatable bonds is 7. The molecule has 2 aromatic rings. The first-order valence-electron chi connectivity index (χ1n) is 8.37. The molecule has 27 heavy (non-hydrogen) atoms. The molecule has 0 bridgehead atoms. The molecule has 0 fully saturated rings. The molecule has 0 radical (unpaired) electrons. The standard InChI is InChI=1S/C20H17NO6/c1-26-14-11-9-13(10-12-14)17(22)7-4-8-18(23)27-21-19(24)15-5-2-3-6-16(15)20(21)25/h2-3,5-6,9-12H,4,7-8H2,1H3. The number of fused-ring (bicyclic) bond motifs is 1. The summed E-state index contributed by atoms with van der Waals surface area (Å²) in [5.41, 5.74) is 0.916. The van der Waals surface area contributed by atoms with E-state index in [1.54, 1.807) is 36.4 Å². The minimum Gasteiger partial charge on any atom is -0.497 e. The van der Waals surface area contributed by atoms with Gasteiger partial charge in [-0.05, 0) is 42.8 Å². The number of imide groups is 1. The van der Waals surface area contributed by atoms with E-state index in [9.17, 15) is 19.2 Å². The van der Waals surface area contributed by atoms with Crippen molar-refractivity contribution in [1.29, 1.82) is 0 Å². The van der Waals surface area contributed by atoms with E-state index in [2.05, 4.69) is 0 Å². The molecule has 1 aliphatic rings. The van der Waals surface area contributed by atoms with Crippen molar-refractivity contribution >= 4 is 23.6 Å². The summed E-state index contributed by atoms with van der Waals surface area (Å²) in [4.78, 5) is 53.2. The predicted molar refractivity (Wildman–Crippen MR) is 94.2 cm³/mol. The number of Topliss-reactive ketones (excluding diaryl/α,β-unsaturated/α-hetero) is 1. The minimum absolute atomic E-state index is 0.0880. The third-order valence-corrected chi connectivity index (χ3v) is 4.15. The second-order valence-electron chi connectivity index (χ2n) is 5.92. The number of ether oxygens (including phenoxy) is 1. The third kappa shape index (κ3) is 3.87. The van der Waals surface area contributed by atoms with Crippen LogP contribution in [0.1, 0.15) is 50.3 Å². The van der Waals surface area contributed by atoms with Gasteiger partial charge in [-0.25, -0.2) is 4.79 Å². The first-order valence-corrected chi connectivity index (χ1v) is 8.37. The third-order valence-electron chi connectivity index (χ3n) is 4.15. The largest absolute Gasteiger partial charge is 0.497 e. The fraction of sp³-hybridized carbons (Fsp3) is 0.200. The maximum Gasteiger partial charge on any atom is 0.333 e. The Bertz CT molecular complexity index is 868. The Morgan fingerprint density at radius 1 is 0.889 bits per heavy atom. The maximum atomic E-state index is 12.1. The topological polar surface area (TPSA) is 90.0 Å². The van der Waals surface area contributed by atoms with Gasteiger partial charge in [-0.1, -0.05) is 17.2 Å². The van der Waals surface area contributed by atoms with Gasteiger partial charge in [0, 0.05) is 18.4 Å². The quantitative estimate of drug-likeness (QED) is 0.552. The molecular weight excluding hydrogens is 350 g/mol. The van der Waals surface area contributed by atoms with Crippen molar-refractivity contribution in [1.82, 2.24) is 5.06 Å². The van der Waals surface area contributed by atoms with Crippen LogP contribution in [-0.4, -0.2) is 35.7 Å². The lowest BCUT2D eigenvalue weighted by Crippen LogP contribution is -2.32. The highest BCUT2D eigenvalue weighted by atomic mass is 16.7. The van der Waals surface area contributed by atoms with Crippen LogP contribution in [0.25, 0.3) is 0 Å². The zero-order chi connectivity index (χ0) is 19.4. The van der Waals surface area contributed by atoms with E-state index < -0.39 is 17.8 Å². The van der Waals surface area contributed by atoms with E-state index in [-0.39, 0.29) is 36.2 Å². The van der Waals surface area contributed by atoms with Gasteiger partial charge >= 0.3 is 5.97 Å². The Morgan fingerprint density at radius 3 is 2.04 bits per heavy atom. The number of benzene rings is 2. The van der Waals surface area contributed by atoms with E-state index in [1.807, 2.05) is 0 Å². The lowest BCUT2D eigenvalue weighted by atomic mass is 10.1. The van der Waals surface area contributed by atoms with E-state index in [0.717, 1.165) is 0 Å². The highest BCUT2D eigenvalue weighted by Gasteiger charge is 2.38. The van der Waals surface area contributed by atoms with E-state index in [4.69, 9.17) is 9.57 Å². The normalized spacial score (nSPS) is 12.7. The van der Waals surface area contributed by atoms with E-state index in [1.165, 1.54) is 19.2 Å². The number of methoxy groups -OCH3 is 1. The summed E-state index contributed by atoms with van der Waals surface area (Å²) < 4.78 is 5.03. The first kappa shape index (κ1) is 18.3. The summed E-state index contributed by atoms with van der Waals surface area (Å²) in [6.45, 7) is 0. The summed E-state index contributed by atoms with van der Waals surface area (Å²) in [6, 6.07) is 12.9. The Kier molecular flexibility index (Phi) is 5.30. The smallest absolute Gasteiger partial charge is 0.333 e. The van der Waals surface area contributed by atoms with E-state index >= 15 is 0 Å². The van der Waals surface area contributed by atoms with Crippen LogP contribution in [-0.2, 0) is 9.63 Å². The minimum atomic E-state index is -0.743. The van der Waals surface area contributed by atoms with Gasteiger partial charge in [-0.3, -0.25) is 14.4 Å². The number of amides is 2. The summed E-state index contributed by atoms with van der Waals surface area (Å²) in [5, 5.41) is 0.471. The molecule has 0 spiro atoms. The van der Waals surface area contributed by atoms with Crippen LogP contribution in [0.3, 0.4) is 0 Å². The van der Waals surface area contributed by atoms with E-state index in [0.29, 0.717) is 16.4 Å². The summed E-state index contributed by atoms with van der Waals surface area (Å²) in [7, 11) is 1.54. The zero-order valence-corrected chi connectivity index (χ0v) is 14.6. The molecule has 7 nitrogen and oxygen atoms in total. The molecular formula is C20H17NO6. The average molecular weight is 367 g/mol. The van der Waals surface area contributed by atoms with Crippen molar-refractivity contribution in [2.75, 3.05) is 7.11 Å². The molecule has 7 heteroatoms. The summed E-state index contributed by atoms with van der Waals surface area (Å²) >= 11 is 0. The lowest BCUT2D eigenvalue weighted by molar-refractivity contribution is -0.168. The molecule has 0 aliphatic carbocycles. The molecule has 138 valence electrons. The van der Waals surface area contributed by atoms with Crippen LogP contribution in [0, 0.1) is 0 Å². The van der Waals surface area contributed by atoms with Gasteiger partial charge in [0.2, 0.25) is 0 Å². The zero-order valence-electron chi connectivity index (χ0n) is 14.6. The molecule has 0 saturated carbocycles. The molecule has 2 aromatic carbocycles. The molecule has 2 amide bonds. The Balaban J connectivity index is 1.49. The van der Waals surface area contributed by atoms with Gasteiger partial charge in [0.15, 0.2) is 5.78 Å². The predicted octanol–water partition coefficient (Wildman–Crippen LogP) is 2.80. The highest BCUT2D eigenvalue weighted by Crippen LogP contribution is 2.23. The van der Waals surface area contributed by atoms with Gasteiger partial charge in [0.05, 0.1) is 18.2 Å². The van der Waals surface area contributed by atoms with Crippen molar-refractivity contribution in [3.05, 3.63) is 65.2 Å². The molecule has 0 aromatic heterocycles. The molecule has 1 aliphatic heterocycles. The number of hydrogen-bond donors (Lipinski definition) is 0. The fourth-order valence-electron chi connectivity index (χ4n) is 2.71. The molecule has 0 N–H and O–H groups in total. The first-order chi connectivity index (χ1) is 13.0. The second kappa shape index (κ2) is 7.82. The van der Waals surface area contributed by atoms with Crippen LogP contribution in [0.15, 0.2) is 48.5 Å². The highest BCUT2D eigenvalue weighted by molar-refractivity contribution is 6.20. The van der Waals surface area contributed by atoms with Crippen molar-refractivity contribution in [3.8, 4) is 5.75 Å². The van der Waals surface area contributed by atoms with Crippen LogP contribution >= 0.6 is 0 Å². The van der Waals surface area contributed by atoms with Crippen molar-refractivity contribution in [3.63, 3.8) is 0 Å². The Hall–Kier alpha value is -3.48. The number of carbonyl (C=O) groups excluding carboxylic acids is 4. The van der Waals surface area contributed by atoms with Gasteiger partial charge in [-0.15, -0.1) is 0 Å². The van der Waals surface area contributed by atoms with Gasteiger partial charge in [0.1, 0.15) is 5.75 Å². The number of hydrogen-bond acceptors (Lipinski definition) is 6. The Morgan fingerprint density at radius 2 is 1.48 bits per heavy atom. The summed E-state index contributed by atoms with van der Waals surface area (Å²) in [6.07, 6.45) is 0.297. The number of hydroxylamine groups is 2. The summed E-state index contributed by atoms with van der Waals surface area (Å²) in [5.74, 6) is -1.55. The molecule has 1 heterocycles. The van der Waals surface area contributed by atoms with Crippen molar-refractivity contribution in [2.24, 2.45) is 0 Å². The van der Waals surface area contributed by atoms with Gasteiger partial charge in [-0.2, -0.15) is 0 Å². The lowest BCUT2D eigenvalue weighted by Gasteiger charge is -2.12. The van der Waals surface area contributed by atoms with Crippen LogP contribution in [0.4, 0.5) is 0 Å². The van der Waals surface area contributed by atoms with Crippen LogP contribution in [0.5, 0.6) is 5.75 Å². The van der Waals surface area contributed by atoms with Gasteiger partial charge in [0.25, 0.3) is 11.8 Å². The maximum absolute atomic E-state index is 12.1. The Labute approximate surface area is 155 Å². The van der Waals surface area contributed by atoms with Crippen molar-refractivity contribution < 1.29 is 28.8 Å². The van der Waals surface area contributed by atoms with Crippen LogP contribution < -0.4 is 4.74 Å². The molecule has 3 rings (SSSR count). The van der Waals surface area contributed by atoms with Crippen LogP contribution in [0.2, 0.25) is 0 Å².